The highest BCUT2D eigenvalue weighted by Crippen LogP contribution is 2.27. The molecule has 2 aromatic rings. The lowest BCUT2D eigenvalue weighted by atomic mass is 10.1. The number of aliphatic hydroxyl groups is 1. The summed E-state index contributed by atoms with van der Waals surface area (Å²) in [5, 5.41) is 49.3. The van der Waals surface area contributed by atoms with Gasteiger partial charge in [0.25, 0.3) is 11.4 Å². The van der Waals surface area contributed by atoms with Crippen molar-refractivity contribution < 1.29 is 15.0 Å². The van der Waals surface area contributed by atoms with Crippen molar-refractivity contribution in [3.05, 3.63) is 72.8 Å². The summed E-state index contributed by atoms with van der Waals surface area (Å²) >= 11 is 5.54. The molecule has 0 unspecified atom stereocenters. The van der Waals surface area contributed by atoms with Crippen LogP contribution in [0.5, 0.6) is 0 Å². The van der Waals surface area contributed by atoms with E-state index in [-0.39, 0.29) is 46.4 Å². The van der Waals surface area contributed by atoms with E-state index in [1.54, 1.807) is 6.07 Å². The molecule has 2 aromatic carbocycles. The van der Waals surface area contributed by atoms with E-state index in [4.69, 9.17) is 27.2 Å². The van der Waals surface area contributed by atoms with Crippen LogP contribution in [-0.2, 0) is 0 Å². The number of aliphatic hydroxyl groups excluding tert-OH is 1. The lowest BCUT2D eigenvalue weighted by molar-refractivity contribution is -0.384. The molecule has 0 radical (unpaired) electrons. The van der Waals surface area contributed by atoms with Crippen molar-refractivity contribution in [2.24, 2.45) is 0 Å². The van der Waals surface area contributed by atoms with Gasteiger partial charge >= 0.3 is 0 Å². The number of nitrogens with zero attached hydrogens (tertiary/aromatic N) is 4. The summed E-state index contributed by atoms with van der Waals surface area (Å²) in [5.41, 5.74) is 0.0563. The average molecular weight is 390 g/mol. The van der Waals surface area contributed by atoms with Crippen LogP contribution in [-0.4, -0.2) is 28.1 Å². The van der Waals surface area contributed by atoms with Gasteiger partial charge in [0.1, 0.15) is 22.8 Å². The summed E-state index contributed by atoms with van der Waals surface area (Å²) in [6.45, 7) is 0.0104. The minimum atomic E-state index is -0.622. The monoisotopic (exact) mass is 389 g/mol. The number of halogens is 1. The summed E-state index contributed by atoms with van der Waals surface area (Å²) in [4.78, 5) is 19.8. The van der Waals surface area contributed by atoms with Crippen LogP contribution in [0.2, 0.25) is 5.02 Å². The van der Waals surface area contributed by atoms with Gasteiger partial charge in [0, 0.05) is 18.7 Å². The standard InChI is InChI=1S/C9H9N3O3.C7H3ClN2O2/c10-6-7-2-1-3-8(12(14)15)9(7)11-4-5-13;8-7-5(4-9)2-1-3-6(7)10(11)12/h1-3,11,13H,4-5H2;1-3H. The van der Waals surface area contributed by atoms with E-state index in [9.17, 15) is 20.2 Å². The second-order valence-corrected chi connectivity index (χ2v) is 5.10. The molecule has 0 aliphatic heterocycles. The van der Waals surface area contributed by atoms with E-state index in [2.05, 4.69) is 5.32 Å². The lowest BCUT2D eigenvalue weighted by Gasteiger charge is -2.06. The molecule has 0 bridgehead atoms. The average Bonchev–Trinajstić information content (AvgIpc) is 2.66. The highest BCUT2D eigenvalue weighted by molar-refractivity contribution is 6.33. The van der Waals surface area contributed by atoms with E-state index in [0.29, 0.717) is 0 Å². The maximum absolute atomic E-state index is 10.6. The molecule has 0 saturated heterocycles. The Morgan fingerprint density at radius 1 is 1.00 bits per heavy atom. The Morgan fingerprint density at radius 3 is 2.00 bits per heavy atom. The summed E-state index contributed by atoms with van der Waals surface area (Å²) in [6.07, 6.45) is 0. The van der Waals surface area contributed by atoms with Crippen molar-refractivity contribution in [1.82, 2.24) is 0 Å². The molecular weight excluding hydrogens is 378 g/mol. The number of nitro benzene ring substituents is 2. The van der Waals surface area contributed by atoms with E-state index in [1.165, 1.54) is 36.4 Å². The van der Waals surface area contributed by atoms with Gasteiger partial charge in [0.2, 0.25) is 0 Å². The number of benzene rings is 2. The zero-order chi connectivity index (χ0) is 20.4. The SMILES string of the molecule is N#Cc1cccc([N+](=O)[O-])c1Cl.N#Cc1cccc([N+](=O)[O-])c1NCCO. The van der Waals surface area contributed by atoms with Crippen molar-refractivity contribution in [2.45, 2.75) is 0 Å². The van der Waals surface area contributed by atoms with Crippen molar-refractivity contribution in [1.29, 1.82) is 10.5 Å². The number of rotatable bonds is 5. The van der Waals surface area contributed by atoms with E-state index >= 15 is 0 Å². The third kappa shape index (κ3) is 5.64. The van der Waals surface area contributed by atoms with Gasteiger partial charge in [0.05, 0.1) is 27.6 Å². The molecule has 0 atom stereocenters. The number of nitrogens with one attached hydrogen (secondary N) is 1. The van der Waals surface area contributed by atoms with Crippen LogP contribution in [0.15, 0.2) is 36.4 Å². The molecular formula is C16H12ClN5O5. The predicted octanol–water partition coefficient (Wildman–Crippen LogP) is 2.99. The number of hydrogen-bond donors (Lipinski definition) is 2. The van der Waals surface area contributed by atoms with Crippen LogP contribution in [0.3, 0.4) is 0 Å². The molecule has 0 fully saturated rings. The summed E-state index contributed by atoms with van der Waals surface area (Å²) in [5.74, 6) is 0. The van der Waals surface area contributed by atoms with Crippen LogP contribution >= 0.6 is 11.6 Å². The van der Waals surface area contributed by atoms with Gasteiger partial charge in [-0.25, -0.2) is 0 Å². The van der Waals surface area contributed by atoms with Gasteiger partial charge in [-0.1, -0.05) is 23.7 Å². The molecule has 0 heterocycles. The zero-order valence-corrected chi connectivity index (χ0v) is 14.4. The first kappa shape index (κ1) is 21.3. The zero-order valence-electron chi connectivity index (χ0n) is 13.6. The molecule has 11 heteroatoms. The third-order valence-corrected chi connectivity index (χ3v) is 3.47. The van der Waals surface area contributed by atoms with Crippen molar-refractivity contribution in [3.8, 4) is 12.1 Å². The molecule has 2 rings (SSSR count). The fraction of sp³-hybridized carbons (Fsp3) is 0.125. The Labute approximate surface area is 158 Å². The van der Waals surface area contributed by atoms with Crippen molar-refractivity contribution in [3.63, 3.8) is 0 Å². The number of hydrogen-bond acceptors (Lipinski definition) is 8. The normalized spacial score (nSPS) is 9.19. The Morgan fingerprint density at radius 2 is 1.52 bits per heavy atom. The Kier molecular flexibility index (Phi) is 8.13. The van der Waals surface area contributed by atoms with Crippen molar-refractivity contribution in [2.75, 3.05) is 18.5 Å². The van der Waals surface area contributed by atoms with Gasteiger partial charge in [0.15, 0.2) is 0 Å². The topological polar surface area (TPSA) is 166 Å². The largest absolute Gasteiger partial charge is 0.395 e. The molecule has 10 nitrogen and oxygen atoms in total. The van der Waals surface area contributed by atoms with Gasteiger partial charge in [-0.15, -0.1) is 0 Å². The maximum atomic E-state index is 10.6. The Balaban J connectivity index is 0.000000277. The summed E-state index contributed by atoms with van der Waals surface area (Å²) in [6, 6.07) is 11.9. The molecule has 2 N–H and O–H groups in total. The molecule has 138 valence electrons. The number of nitro groups is 2. The number of anilines is 1. The van der Waals surface area contributed by atoms with Crippen molar-refractivity contribution >= 4 is 28.7 Å². The molecule has 0 aliphatic carbocycles. The fourth-order valence-corrected chi connectivity index (χ4v) is 2.14. The highest BCUT2D eigenvalue weighted by Gasteiger charge is 2.16. The van der Waals surface area contributed by atoms with Gasteiger partial charge < -0.3 is 10.4 Å². The van der Waals surface area contributed by atoms with Gasteiger partial charge in [-0.3, -0.25) is 20.2 Å². The summed E-state index contributed by atoms with van der Waals surface area (Å²) < 4.78 is 0. The summed E-state index contributed by atoms with van der Waals surface area (Å²) in [7, 11) is 0. The van der Waals surface area contributed by atoms with Gasteiger partial charge in [-0.2, -0.15) is 10.5 Å². The number of nitriles is 2. The predicted molar refractivity (Wildman–Crippen MR) is 96.2 cm³/mol. The van der Waals surface area contributed by atoms with E-state index < -0.39 is 9.85 Å². The maximum Gasteiger partial charge on any atom is 0.293 e. The van der Waals surface area contributed by atoms with Crippen LogP contribution in [0.1, 0.15) is 11.1 Å². The minimum absolute atomic E-state index is 0.106. The highest BCUT2D eigenvalue weighted by atomic mass is 35.5. The second kappa shape index (κ2) is 10.3. The first-order valence-electron chi connectivity index (χ1n) is 7.22. The lowest BCUT2D eigenvalue weighted by Crippen LogP contribution is -2.08. The molecule has 0 aliphatic rings. The Bertz CT molecular complexity index is 936. The van der Waals surface area contributed by atoms with Crippen LogP contribution < -0.4 is 5.32 Å². The quantitative estimate of drug-likeness (QED) is 0.581. The molecule has 0 aromatic heterocycles. The fourth-order valence-electron chi connectivity index (χ4n) is 1.90. The van der Waals surface area contributed by atoms with E-state index in [0.717, 1.165) is 0 Å². The van der Waals surface area contributed by atoms with Crippen LogP contribution in [0.4, 0.5) is 17.1 Å². The van der Waals surface area contributed by atoms with E-state index in [1.807, 2.05) is 6.07 Å². The number of para-hydroxylation sites is 1. The first-order valence-corrected chi connectivity index (χ1v) is 7.60. The second-order valence-electron chi connectivity index (χ2n) is 4.73. The Hall–Kier alpha value is -3.73. The molecule has 0 amide bonds. The molecule has 0 saturated carbocycles. The minimum Gasteiger partial charge on any atom is -0.395 e. The van der Waals surface area contributed by atoms with Crippen LogP contribution in [0.25, 0.3) is 0 Å². The van der Waals surface area contributed by atoms with Crippen LogP contribution in [0, 0.1) is 42.9 Å². The first-order chi connectivity index (χ1) is 12.9. The molecule has 0 spiro atoms. The third-order valence-electron chi connectivity index (χ3n) is 3.07. The smallest absolute Gasteiger partial charge is 0.293 e. The molecule has 27 heavy (non-hydrogen) atoms. The van der Waals surface area contributed by atoms with Gasteiger partial charge in [-0.05, 0) is 12.1 Å².